The molecule has 0 amide bonds. The molecular formula is C12H10N4O2. The second-order valence-corrected chi connectivity index (χ2v) is 4.01. The number of aromatic carboxylic acids is 1. The minimum Gasteiger partial charge on any atom is -0.476 e. The number of carboxylic acid groups (broad SMARTS) is 1. The van der Waals surface area contributed by atoms with Gasteiger partial charge in [-0.15, -0.1) is 0 Å². The molecule has 0 radical (unpaired) electrons. The van der Waals surface area contributed by atoms with Crippen LogP contribution in [0, 0.1) is 0 Å². The Balaban J connectivity index is 2.13. The van der Waals surface area contributed by atoms with Crippen LogP contribution in [0.4, 0.5) is 0 Å². The first-order chi connectivity index (χ1) is 8.63. The van der Waals surface area contributed by atoms with Crippen molar-refractivity contribution in [1.82, 2.24) is 19.2 Å². The average Bonchev–Trinajstić information content (AvgIpc) is 2.93. The second-order valence-electron chi connectivity index (χ2n) is 4.01. The fourth-order valence-electron chi connectivity index (χ4n) is 1.83. The zero-order chi connectivity index (χ0) is 12.7. The molecule has 0 aliphatic carbocycles. The number of aromatic nitrogens is 4. The molecule has 3 aromatic heterocycles. The quantitative estimate of drug-likeness (QED) is 0.737. The van der Waals surface area contributed by atoms with Crippen LogP contribution >= 0.6 is 0 Å². The summed E-state index contributed by atoms with van der Waals surface area (Å²) in [6.45, 7) is 0. The molecule has 0 aliphatic heterocycles. The zero-order valence-electron chi connectivity index (χ0n) is 9.61. The molecule has 3 rings (SSSR count). The van der Waals surface area contributed by atoms with Crippen LogP contribution in [0.15, 0.2) is 36.9 Å². The molecule has 0 unspecified atom stereocenters. The van der Waals surface area contributed by atoms with Gasteiger partial charge >= 0.3 is 5.97 Å². The molecule has 90 valence electrons. The maximum atomic E-state index is 10.8. The maximum absolute atomic E-state index is 10.8. The Kier molecular flexibility index (Phi) is 2.16. The number of imidazole rings is 1. The third-order valence-electron chi connectivity index (χ3n) is 2.72. The van der Waals surface area contributed by atoms with Crippen LogP contribution in [-0.2, 0) is 7.05 Å². The first kappa shape index (κ1) is 10.5. The van der Waals surface area contributed by atoms with Crippen LogP contribution in [0.1, 0.15) is 10.5 Å². The predicted octanol–water partition coefficient (Wildman–Crippen LogP) is 1.43. The van der Waals surface area contributed by atoms with Crippen LogP contribution in [0.3, 0.4) is 0 Å². The highest BCUT2D eigenvalue weighted by Gasteiger charge is 2.09. The summed E-state index contributed by atoms with van der Waals surface area (Å²) < 4.78 is 3.40. The number of rotatable bonds is 2. The van der Waals surface area contributed by atoms with E-state index >= 15 is 0 Å². The summed E-state index contributed by atoms with van der Waals surface area (Å²) in [6.07, 6.45) is 6.93. The SMILES string of the molecule is Cn1cc(-c2ccn3cc(C(=O)O)nc3c2)cn1. The van der Waals surface area contributed by atoms with E-state index in [1.807, 2.05) is 25.4 Å². The highest BCUT2D eigenvalue weighted by Crippen LogP contribution is 2.20. The van der Waals surface area contributed by atoms with Crippen molar-refractivity contribution < 1.29 is 9.90 Å². The Morgan fingerprint density at radius 1 is 1.33 bits per heavy atom. The van der Waals surface area contributed by atoms with Gasteiger partial charge in [-0.1, -0.05) is 0 Å². The Labute approximate surface area is 102 Å². The summed E-state index contributed by atoms with van der Waals surface area (Å²) in [5.74, 6) is -1.03. The summed E-state index contributed by atoms with van der Waals surface area (Å²) in [7, 11) is 1.85. The highest BCUT2D eigenvalue weighted by molar-refractivity contribution is 5.86. The van der Waals surface area contributed by atoms with Crippen molar-refractivity contribution in [3.05, 3.63) is 42.6 Å². The number of carbonyl (C=O) groups is 1. The average molecular weight is 242 g/mol. The van der Waals surface area contributed by atoms with Gasteiger partial charge in [0.15, 0.2) is 5.69 Å². The van der Waals surface area contributed by atoms with Crippen molar-refractivity contribution in [3.8, 4) is 11.1 Å². The molecule has 1 N–H and O–H groups in total. The predicted molar refractivity (Wildman–Crippen MR) is 64.4 cm³/mol. The molecule has 18 heavy (non-hydrogen) atoms. The number of pyridine rings is 1. The van der Waals surface area contributed by atoms with Crippen molar-refractivity contribution in [1.29, 1.82) is 0 Å². The number of aryl methyl sites for hydroxylation is 1. The monoisotopic (exact) mass is 242 g/mol. The fourth-order valence-corrected chi connectivity index (χ4v) is 1.83. The molecule has 0 aromatic carbocycles. The number of carboxylic acids is 1. The molecule has 0 spiro atoms. The Morgan fingerprint density at radius 2 is 2.17 bits per heavy atom. The molecule has 3 heterocycles. The fraction of sp³-hybridized carbons (Fsp3) is 0.0833. The summed E-state index contributed by atoms with van der Waals surface area (Å²) in [4.78, 5) is 14.9. The van der Waals surface area contributed by atoms with E-state index in [0.717, 1.165) is 11.1 Å². The molecular weight excluding hydrogens is 232 g/mol. The molecule has 3 aromatic rings. The number of nitrogens with zero attached hydrogens (tertiary/aromatic N) is 4. The lowest BCUT2D eigenvalue weighted by atomic mass is 10.1. The zero-order valence-corrected chi connectivity index (χ0v) is 9.61. The van der Waals surface area contributed by atoms with Crippen molar-refractivity contribution in [3.63, 3.8) is 0 Å². The molecule has 0 aliphatic rings. The largest absolute Gasteiger partial charge is 0.476 e. The van der Waals surface area contributed by atoms with E-state index in [4.69, 9.17) is 5.11 Å². The van der Waals surface area contributed by atoms with Gasteiger partial charge in [-0.25, -0.2) is 9.78 Å². The van der Waals surface area contributed by atoms with Crippen LogP contribution in [0.25, 0.3) is 16.8 Å². The molecule has 0 bridgehead atoms. The van der Waals surface area contributed by atoms with Gasteiger partial charge in [0.2, 0.25) is 0 Å². The molecule has 6 nitrogen and oxygen atoms in total. The lowest BCUT2D eigenvalue weighted by Crippen LogP contribution is -1.94. The van der Waals surface area contributed by atoms with E-state index in [9.17, 15) is 4.79 Å². The standard InChI is InChI=1S/C12H10N4O2/c1-15-6-9(5-13-15)8-2-3-16-7-10(12(17)18)14-11(16)4-8/h2-7H,1H3,(H,17,18). The van der Waals surface area contributed by atoms with E-state index in [1.54, 1.807) is 21.5 Å². The molecule has 0 fully saturated rings. The molecule has 0 saturated heterocycles. The van der Waals surface area contributed by atoms with Crippen LogP contribution < -0.4 is 0 Å². The van der Waals surface area contributed by atoms with E-state index in [0.29, 0.717) is 5.65 Å². The van der Waals surface area contributed by atoms with E-state index < -0.39 is 5.97 Å². The highest BCUT2D eigenvalue weighted by atomic mass is 16.4. The van der Waals surface area contributed by atoms with Crippen LogP contribution in [-0.4, -0.2) is 30.2 Å². The van der Waals surface area contributed by atoms with Gasteiger partial charge in [0.1, 0.15) is 5.65 Å². The van der Waals surface area contributed by atoms with Gasteiger partial charge in [-0.05, 0) is 17.7 Å². The van der Waals surface area contributed by atoms with E-state index in [-0.39, 0.29) is 5.69 Å². The van der Waals surface area contributed by atoms with Crippen molar-refractivity contribution in [2.45, 2.75) is 0 Å². The van der Waals surface area contributed by atoms with E-state index in [1.165, 1.54) is 6.20 Å². The topological polar surface area (TPSA) is 72.4 Å². The number of fused-ring (bicyclic) bond motifs is 1. The number of hydrogen-bond donors (Lipinski definition) is 1. The lowest BCUT2D eigenvalue weighted by Gasteiger charge is -1.97. The Hall–Kier alpha value is -2.63. The normalized spacial score (nSPS) is 10.9. The minimum absolute atomic E-state index is 0.0401. The van der Waals surface area contributed by atoms with Gasteiger partial charge in [0.25, 0.3) is 0 Å². The van der Waals surface area contributed by atoms with Crippen molar-refractivity contribution in [2.75, 3.05) is 0 Å². The van der Waals surface area contributed by atoms with Crippen LogP contribution in [0.5, 0.6) is 0 Å². The first-order valence-corrected chi connectivity index (χ1v) is 5.34. The Bertz CT molecular complexity index is 741. The lowest BCUT2D eigenvalue weighted by molar-refractivity contribution is 0.0691. The van der Waals surface area contributed by atoms with Crippen molar-refractivity contribution in [2.24, 2.45) is 7.05 Å². The van der Waals surface area contributed by atoms with Crippen molar-refractivity contribution >= 4 is 11.6 Å². The molecule has 6 heteroatoms. The smallest absolute Gasteiger partial charge is 0.356 e. The summed E-state index contributed by atoms with van der Waals surface area (Å²) >= 11 is 0. The van der Waals surface area contributed by atoms with Gasteiger partial charge in [0.05, 0.1) is 6.20 Å². The number of hydrogen-bond acceptors (Lipinski definition) is 3. The minimum atomic E-state index is -1.03. The third kappa shape index (κ3) is 1.64. The first-order valence-electron chi connectivity index (χ1n) is 5.34. The van der Waals surface area contributed by atoms with Gasteiger partial charge in [-0.2, -0.15) is 5.10 Å². The molecule has 0 saturated carbocycles. The van der Waals surface area contributed by atoms with Gasteiger partial charge < -0.3 is 9.51 Å². The summed E-state index contributed by atoms with van der Waals surface area (Å²) in [6, 6.07) is 3.74. The van der Waals surface area contributed by atoms with Crippen LogP contribution in [0.2, 0.25) is 0 Å². The maximum Gasteiger partial charge on any atom is 0.356 e. The van der Waals surface area contributed by atoms with Gasteiger partial charge in [0, 0.05) is 31.2 Å². The second kappa shape index (κ2) is 3.69. The summed E-state index contributed by atoms with van der Waals surface area (Å²) in [5, 5.41) is 13.0. The van der Waals surface area contributed by atoms with Gasteiger partial charge in [-0.3, -0.25) is 4.68 Å². The third-order valence-corrected chi connectivity index (χ3v) is 2.72. The van der Waals surface area contributed by atoms with E-state index in [2.05, 4.69) is 10.1 Å². The molecule has 0 atom stereocenters. The summed E-state index contributed by atoms with van der Waals surface area (Å²) in [5.41, 5.74) is 2.57. The Morgan fingerprint density at radius 3 is 2.83 bits per heavy atom.